The zero-order chi connectivity index (χ0) is 33.2. The molecule has 5 aromatic rings. The molecule has 0 aliphatic heterocycles. The van der Waals surface area contributed by atoms with E-state index in [0.717, 1.165) is 23.1 Å². The number of benzene rings is 3. The summed E-state index contributed by atoms with van der Waals surface area (Å²) in [6, 6.07) is 23.7. The summed E-state index contributed by atoms with van der Waals surface area (Å²) in [5.41, 5.74) is 2.90. The van der Waals surface area contributed by atoms with Gasteiger partial charge in [0.1, 0.15) is 23.0 Å². The lowest BCUT2D eigenvalue weighted by Gasteiger charge is -2.19. The quantitative estimate of drug-likeness (QED) is 0.0629. The molecule has 11 nitrogen and oxygen atoms in total. The van der Waals surface area contributed by atoms with Gasteiger partial charge >= 0.3 is 12.1 Å². The molecule has 0 fully saturated rings. The number of fused-ring (bicyclic) bond motifs is 1. The average molecular weight is 658 g/mol. The standard InChI is InChI=1S/C35H35N3O8S/c39-28-13-11-26(27-12-14-31(41)37-33(27)28)29(40)19-36-15-4-5-16-45-34(42)30-17-22(21-47-30)20-46-25-10-6-9-24(18-25)32(38-35(43)44)23-7-2-1-3-8-23/h1-3,6-14,17-18,21,29,32,36,38-40H,4-5,15-16,19-20H2,(H,37,41)(H,43,44). The maximum Gasteiger partial charge on any atom is 0.405 e. The number of unbranched alkanes of at least 4 members (excludes halogenated alkanes) is 1. The Hall–Kier alpha value is -5.17. The number of carbonyl (C=O) groups is 2. The highest BCUT2D eigenvalue weighted by Crippen LogP contribution is 2.29. The van der Waals surface area contributed by atoms with Crippen molar-refractivity contribution in [2.45, 2.75) is 31.6 Å². The third kappa shape index (κ3) is 8.97. The molecule has 2 heterocycles. The van der Waals surface area contributed by atoms with Crippen molar-refractivity contribution in [3.63, 3.8) is 0 Å². The number of hydrogen-bond donors (Lipinski definition) is 6. The molecule has 0 aliphatic rings. The monoisotopic (exact) mass is 657 g/mol. The molecule has 0 saturated heterocycles. The molecule has 5 rings (SSSR count). The van der Waals surface area contributed by atoms with Crippen LogP contribution in [0.15, 0.2) is 95.1 Å². The summed E-state index contributed by atoms with van der Waals surface area (Å²) >= 11 is 1.28. The van der Waals surface area contributed by atoms with Crippen molar-refractivity contribution >= 4 is 34.3 Å². The Morgan fingerprint density at radius 1 is 0.936 bits per heavy atom. The van der Waals surface area contributed by atoms with Gasteiger partial charge in [-0.15, -0.1) is 11.3 Å². The molecule has 0 aliphatic carbocycles. The molecule has 0 radical (unpaired) electrons. The molecule has 12 heteroatoms. The van der Waals surface area contributed by atoms with E-state index in [1.807, 2.05) is 41.8 Å². The first-order valence-electron chi connectivity index (χ1n) is 15.0. The van der Waals surface area contributed by atoms with Gasteiger partial charge in [0.2, 0.25) is 5.56 Å². The third-order valence-electron chi connectivity index (χ3n) is 7.44. The molecule has 47 heavy (non-hydrogen) atoms. The van der Waals surface area contributed by atoms with E-state index in [1.165, 1.54) is 23.5 Å². The normalized spacial score (nSPS) is 12.4. The minimum absolute atomic E-state index is 0.0596. The summed E-state index contributed by atoms with van der Waals surface area (Å²) < 4.78 is 11.4. The number of hydrogen-bond acceptors (Lipinski definition) is 9. The molecule has 0 spiro atoms. The second kappa shape index (κ2) is 15.9. The van der Waals surface area contributed by atoms with Crippen molar-refractivity contribution in [3.05, 3.63) is 128 Å². The number of aliphatic hydroxyl groups excluding tert-OH is 1. The van der Waals surface area contributed by atoms with Crippen molar-refractivity contribution in [2.24, 2.45) is 0 Å². The van der Waals surface area contributed by atoms with Gasteiger partial charge in [0.25, 0.3) is 0 Å². The number of esters is 1. The molecular formula is C35H35N3O8S. The Morgan fingerprint density at radius 3 is 2.55 bits per heavy atom. The fourth-order valence-electron chi connectivity index (χ4n) is 5.12. The van der Waals surface area contributed by atoms with Crippen molar-refractivity contribution in [2.75, 3.05) is 19.7 Å². The van der Waals surface area contributed by atoms with Gasteiger partial charge in [-0.3, -0.25) is 4.79 Å². The summed E-state index contributed by atoms with van der Waals surface area (Å²) in [6.07, 6.45) is -0.616. The summed E-state index contributed by atoms with van der Waals surface area (Å²) in [6.45, 7) is 1.35. The predicted molar refractivity (Wildman–Crippen MR) is 178 cm³/mol. The van der Waals surface area contributed by atoms with Crippen LogP contribution in [0.1, 0.15) is 56.9 Å². The topological polar surface area (TPSA) is 170 Å². The number of aromatic nitrogens is 1. The molecule has 0 bridgehead atoms. The lowest BCUT2D eigenvalue weighted by atomic mass is 9.98. The minimum Gasteiger partial charge on any atom is -0.506 e. The molecule has 6 N–H and O–H groups in total. The number of phenols is 1. The van der Waals surface area contributed by atoms with Gasteiger partial charge in [0.15, 0.2) is 0 Å². The van der Waals surface area contributed by atoms with Gasteiger partial charge in [-0.2, -0.15) is 0 Å². The summed E-state index contributed by atoms with van der Waals surface area (Å²) in [7, 11) is 0. The Morgan fingerprint density at radius 2 is 1.74 bits per heavy atom. The number of rotatable bonds is 15. The maximum atomic E-state index is 12.6. The first-order chi connectivity index (χ1) is 22.8. The largest absolute Gasteiger partial charge is 0.506 e. The number of aromatic amines is 1. The highest BCUT2D eigenvalue weighted by Gasteiger charge is 2.18. The third-order valence-corrected chi connectivity index (χ3v) is 8.40. The van der Waals surface area contributed by atoms with Crippen LogP contribution in [0, 0.1) is 0 Å². The Bertz CT molecular complexity index is 1870. The van der Waals surface area contributed by atoms with Gasteiger partial charge < -0.3 is 40.4 Å². The highest BCUT2D eigenvalue weighted by atomic mass is 32.1. The first-order valence-corrected chi connectivity index (χ1v) is 15.9. The van der Waals surface area contributed by atoms with Crippen LogP contribution >= 0.6 is 11.3 Å². The molecular weight excluding hydrogens is 622 g/mol. The lowest BCUT2D eigenvalue weighted by Crippen LogP contribution is -2.27. The SMILES string of the molecule is O=C(O)NC(c1ccccc1)c1cccc(OCc2csc(C(=O)OCCCCNCC(O)c3ccc(O)c4[nH]c(=O)ccc34)c2)c1. The van der Waals surface area contributed by atoms with E-state index in [4.69, 9.17) is 9.47 Å². The van der Waals surface area contributed by atoms with Crippen molar-refractivity contribution in [1.82, 2.24) is 15.6 Å². The smallest absolute Gasteiger partial charge is 0.405 e. The van der Waals surface area contributed by atoms with E-state index in [1.54, 1.807) is 36.4 Å². The molecule has 3 aromatic carbocycles. The second-order valence-corrected chi connectivity index (χ2v) is 11.7. The number of phenolic OH excluding ortho intramolecular Hbond substituents is 1. The van der Waals surface area contributed by atoms with Crippen LogP contribution in [0.25, 0.3) is 10.9 Å². The predicted octanol–water partition coefficient (Wildman–Crippen LogP) is 5.49. The highest BCUT2D eigenvalue weighted by molar-refractivity contribution is 7.12. The van der Waals surface area contributed by atoms with Crippen molar-refractivity contribution < 1.29 is 34.4 Å². The van der Waals surface area contributed by atoms with Gasteiger partial charge in [-0.05, 0) is 71.8 Å². The zero-order valence-corrected chi connectivity index (χ0v) is 26.2. The number of amides is 1. The van der Waals surface area contributed by atoms with Crippen LogP contribution < -0.4 is 20.9 Å². The maximum absolute atomic E-state index is 12.6. The van der Waals surface area contributed by atoms with Crippen LogP contribution in [-0.2, 0) is 11.3 Å². The zero-order valence-electron chi connectivity index (χ0n) is 25.3. The number of carbonyl (C=O) groups excluding carboxylic acids is 1. The number of carboxylic acid groups (broad SMARTS) is 1. The molecule has 2 atom stereocenters. The fraction of sp³-hybridized carbons (Fsp3) is 0.229. The number of H-pyrrole nitrogens is 1. The number of ether oxygens (including phenoxy) is 2. The summed E-state index contributed by atoms with van der Waals surface area (Å²) in [4.78, 5) is 38.7. The number of aliphatic hydroxyl groups is 1. The Kier molecular flexibility index (Phi) is 11.2. The van der Waals surface area contributed by atoms with Crippen LogP contribution in [0.2, 0.25) is 0 Å². The van der Waals surface area contributed by atoms with Gasteiger partial charge in [-0.25, -0.2) is 9.59 Å². The van der Waals surface area contributed by atoms with E-state index in [-0.39, 0.29) is 36.6 Å². The number of pyridine rings is 1. The number of thiophene rings is 1. The van der Waals surface area contributed by atoms with Crippen LogP contribution in [0.5, 0.6) is 11.5 Å². The van der Waals surface area contributed by atoms with E-state index in [9.17, 15) is 29.7 Å². The van der Waals surface area contributed by atoms with Crippen molar-refractivity contribution in [1.29, 1.82) is 0 Å². The van der Waals surface area contributed by atoms with E-state index in [0.29, 0.717) is 34.5 Å². The Labute approximate surface area is 274 Å². The fourth-order valence-corrected chi connectivity index (χ4v) is 5.91. The lowest BCUT2D eigenvalue weighted by molar-refractivity contribution is 0.0504. The van der Waals surface area contributed by atoms with E-state index < -0.39 is 24.2 Å². The van der Waals surface area contributed by atoms with Gasteiger partial charge in [0, 0.05) is 23.6 Å². The summed E-state index contributed by atoms with van der Waals surface area (Å²) in [5, 5.41) is 38.2. The van der Waals surface area contributed by atoms with Crippen LogP contribution in [-0.4, -0.2) is 52.1 Å². The molecule has 1 amide bonds. The molecule has 2 aromatic heterocycles. The second-order valence-electron chi connectivity index (χ2n) is 10.8. The van der Waals surface area contributed by atoms with Gasteiger partial charge in [0.05, 0.1) is 24.3 Å². The van der Waals surface area contributed by atoms with Crippen molar-refractivity contribution in [3.8, 4) is 11.5 Å². The minimum atomic E-state index is -1.13. The van der Waals surface area contributed by atoms with Crippen LogP contribution in [0.3, 0.4) is 0 Å². The van der Waals surface area contributed by atoms with Gasteiger partial charge in [-0.1, -0.05) is 48.5 Å². The molecule has 2 unspecified atom stereocenters. The number of nitrogens with one attached hydrogen (secondary N) is 3. The molecule has 244 valence electrons. The Balaban J connectivity index is 1.03. The van der Waals surface area contributed by atoms with Crippen LogP contribution in [0.4, 0.5) is 4.79 Å². The van der Waals surface area contributed by atoms with E-state index in [2.05, 4.69) is 15.6 Å². The summed E-state index contributed by atoms with van der Waals surface area (Å²) in [5.74, 6) is 0.102. The average Bonchev–Trinajstić information content (AvgIpc) is 3.56. The molecule has 0 saturated carbocycles. The number of aromatic hydroxyl groups is 1. The van der Waals surface area contributed by atoms with E-state index >= 15 is 0 Å². The first kappa shape index (κ1) is 33.2.